The molecular weight excluding hydrogens is 309 g/mol. The molecule has 2 atom stereocenters. The van der Waals surface area contributed by atoms with Gasteiger partial charge in [0.1, 0.15) is 0 Å². The monoisotopic (exact) mass is 333 g/mol. The van der Waals surface area contributed by atoms with E-state index in [0.717, 1.165) is 0 Å². The maximum Gasteiger partial charge on any atom is 0.0273 e. The Bertz CT molecular complexity index is 688. The smallest absolute Gasteiger partial charge is 0.0273 e. The van der Waals surface area contributed by atoms with Gasteiger partial charge in [-0.15, -0.1) is 0 Å². The fourth-order valence-corrected chi connectivity index (χ4v) is 6.11. The second-order valence-corrected chi connectivity index (χ2v) is 8.30. The summed E-state index contributed by atoms with van der Waals surface area (Å²) >= 11 is 0. The summed E-state index contributed by atoms with van der Waals surface area (Å²) in [7, 11) is 1.56. The lowest BCUT2D eigenvalue weighted by Crippen LogP contribution is -2.32. The van der Waals surface area contributed by atoms with Crippen molar-refractivity contribution in [3.8, 4) is 0 Å². The molecule has 0 bridgehead atoms. The molecule has 0 aliphatic heterocycles. The second-order valence-electron chi connectivity index (χ2n) is 5.97. The molecule has 3 aromatic rings. The zero-order chi connectivity index (χ0) is 16.8. The average Bonchev–Trinajstić information content (AvgIpc) is 2.67. The maximum absolute atomic E-state index is 3.50. The van der Waals surface area contributed by atoms with Gasteiger partial charge in [0, 0.05) is 11.7 Å². The van der Waals surface area contributed by atoms with E-state index >= 15 is 0 Å². The number of benzene rings is 3. The number of likely N-dealkylation sites (N-methyl/N-ethyl adjacent to an activating group) is 1. The van der Waals surface area contributed by atoms with Crippen LogP contribution in [0.5, 0.6) is 0 Å². The van der Waals surface area contributed by atoms with Crippen molar-refractivity contribution in [2.24, 2.45) is 0 Å². The summed E-state index contributed by atoms with van der Waals surface area (Å²) in [5, 5.41) is 6.35. The van der Waals surface area contributed by atoms with Crippen LogP contribution < -0.4 is 15.9 Å². The summed E-state index contributed by atoms with van der Waals surface area (Å²) in [5.74, 6) is 0. The number of hydrogen-bond acceptors (Lipinski definition) is 1. The van der Waals surface area contributed by atoms with Crippen molar-refractivity contribution in [3.63, 3.8) is 0 Å². The van der Waals surface area contributed by atoms with E-state index < -0.39 is 7.92 Å². The summed E-state index contributed by atoms with van der Waals surface area (Å²) in [6.45, 7) is 2.29. The molecule has 122 valence electrons. The first-order chi connectivity index (χ1) is 11.8. The van der Waals surface area contributed by atoms with Crippen LogP contribution in [0.1, 0.15) is 18.1 Å². The highest BCUT2D eigenvalue weighted by molar-refractivity contribution is 7.73. The standard InChI is InChI=1S/C22H24NP/c1-18(23-2)22(19-12-6-3-7-13-19)24(20-14-8-4-9-15-20)21-16-10-5-11-17-21/h3-18,22-23H,1-2H3. The zero-order valence-corrected chi connectivity index (χ0v) is 15.2. The van der Waals surface area contributed by atoms with Crippen molar-refractivity contribution in [2.75, 3.05) is 7.05 Å². The van der Waals surface area contributed by atoms with Gasteiger partial charge >= 0.3 is 0 Å². The molecule has 0 aromatic heterocycles. The summed E-state index contributed by atoms with van der Waals surface area (Å²) in [6.07, 6.45) is 0. The third kappa shape index (κ3) is 3.75. The minimum atomic E-state index is -0.498. The van der Waals surface area contributed by atoms with Crippen molar-refractivity contribution in [3.05, 3.63) is 96.6 Å². The van der Waals surface area contributed by atoms with Crippen LogP contribution >= 0.6 is 7.92 Å². The maximum atomic E-state index is 3.50. The Balaban J connectivity index is 2.14. The molecule has 24 heavy (non-hydrogen) atoms. The van der Waals surface area contributed by atoms with Crippen molar-refractivity contribution < 1.29 is 0 Å². The molecule has 3 rings (SSSR count). The number of nitrogens with one attached hydrogen (secondary N) is 1. The minimum Gasteiger partial charge on any atom is -0.316 e. The average molecular weight is 333 g/mol. The predicted molar refractivity (Wildman–Crippen MR) is 107 cm³/mol. The van der Waals surface area contributed by atoms with Gasteiger partial charge in [-0.25, -0.2) is 0 Å². The topological polar surface area (TPSA) is 12.0 Å². The van der Waals surface area contributed by atoms with Gasteiger partial charge in [0.05, 0.1) is 0 Å². The molecule has 0 saturated heterocycles. The largest absolute Gasteiger partial charge is 0.316 e. The Morgan fingerprint density at radius 2 is 1.08 bits per heavy atom. The van der Waals surface area contributed by atoms with E-state index in [9.17, 15) is 0 Å². The van der Waals surface area contributed by atoms with Gasteiger partial charge in [0.25, 0.3) is 0 Å². The van der Waals surface area contributed by atoms with Gasteiger partial charge < -0.3 is 5.32 Å². The summed E-state index contributed by atoms with van der Waals surface area (Å²) in [6, 6.07) is 33.2. The molecule has 0 aliphatic rings. The Labute approximate surface area is 146 Å². The molecule has 0 spiro atoms. The van der Waals surface area contributed by atoms with Gasteiger partial charge in [0.2, 0.25) is 0 Å². The molecule has 0 saturated carbocycles. The molecule has 1 nitrogen and oxygen atoms in total. The Hall–Kier alpha value is -1.95. The van der Waals surface area contributed by atoms with Crippen LogP contribution in [0.15, 0.2) is 91.0 Å². The van der Waals surface area contributed by atoms with Crippen LogP contribution in [0.2, 0.25) is 0 Å². The van der Waals surface area contributed by atoms with Gasteiger partial charge in [-0.05, 0) is 38.1 Å². The molecule has 0 amide bonds. The van der Waals surface area contributed by atoms with Crippen molar-refractivity contribution in [1.82, 2.24) is 5.32 Å². The highest BCUT2D eigenvalue weighted by Gasteiger charge is 2.29. The Morgan fingerprint density at radius 1 is 0.667 bits per heavy atom. The number of hydrogen-bond donors (Lipinski definition) is 1. The molecule has 2 heteroatoms. The Kier molecular flexibility index (Phi) is 5.80. The fraction of sp³-hybridized carbons (Fsp3) is 0.182. The van der Waals surface area contributed by atoms with E-state index in [1.165, 1.54) is 16.2 Å². The zero-order valence-electron chi connectivity index (χ0n) is 14.3. The lowest BCUT2D eigenvalue weighted by atomic mass is 10.1. The first kappa shape index (κ1) is 16.9. The van der Waals surface area contributed by atoms with Crippen LogP contribution in [-0.4, -0.2) is 13.1 Å². The molecule has 0 radical (unpaired) electrons. The third-order valence-electron chi connectivity index (χ3n) is 4.42. The van der Waals surface area contributed by atoms with Gasteiger partial charge in [0.15, 0.2) is 0 Å². The quantitative estimate of drug-likeness (QED) is 0.656. The highest BCUT2D eigenvalue weighted by atomic mass is 31.1. The SMILES string of the molecule is CNC(C)C(c1ccccc1)P(c1ccccc1)c1ccccc1. The molecule has 0 aliphatic carbocycles. The van der Waals surface area contributed by atoms with Crippen molar-refractivity contribution in [1.29, 1.82) is 0 Å². The second kappa shape index (κ2) is 8.24. The molecule has 3 aromatic carbocycles. The van der Waals surface area contributed by atoms with E-state index in [0.29, 0.717) is 11.7 Å². The minimum absolute atomic E-state index is 0.388. The van der Waals surface area contributed by atoms with Crippen LogP contribution in [-0.2, 0) is 0 Å². The molecule has 2 unspecified atom stereocenters. The lowest BCUT2D eigenvalue weighted by Gasteiger charge is -2.33. The van der Waals surface area contributed by atoms with Crippen LogP contribution in [0.4, 0.5) is 0 Å². The van der Waals surface area contributed by atoms with Gasteiger partial charge in [-0.1, -0.05) is 91.0 Å². The van der Waals surface area contributed by atoms with E-state index in [2.05, 4.69) is 110 Å². The summed E-state index contributed by atoms with van der Waals surface area (Å²) < 4.78 is 0. The van der Waals surface area contributed by atoms with Gasteiger partial charge in [-0.2, -0.15) is 0 Å². The van der Waals surface area contributed by atoms with Crippen molar-refractivity contribution >= 4 is 18.5 Å². The normalized spacial score (nSPS) is 13.6. The van der Waals surface area contributed by atoms with Crippen LogP contribution in [0, 0.1) is 0 Å². The van der Waals surface area contributed by atoms with E-state index in [1.54, 1.807) is 0 Å². The van der Waals surface area contributed by atoms with Crippen molar-refractivity contribution in [2.45, 2.75) is 18.6 Å². The summed E-state index contributed by atoms with van der Waals surface area (Å²) in [5.41, 5.74) is 1.83. The molecule has 0 fully saturated rings. The summed E-state index contributed by atoms with van der Waals surface area (Å²) in [4.78, 5) is 0. The number of rotatable bonds is 6. The van der Waals surface area contributed by atoms with Crippen LogP contribution in [0.3, 0.4) is 0 Å². The van der Waals surface area contributed by atoms with Gasteiger partial charge in [-0.3, -0.25) is 0 Å². The first-order valence-corrected chi connectivity index (χ1v) is 9.84. The first-order valence-electron chi connectivity index (χ1n) is 8.43. The van der Waals surface area contributed by atoms with E-state index in [4.69, 9.17) is 0 Å². The van der Waals surface area contributed by atoms with E-state index in [-0.39, 0.29) is 0 Å². The molecule has 1 N–H and O–H groups in total. The van der Waals surface area contributed by atoms with Crippen LogP contribution in [0.25, 0.3) is 0 Å². The Morgan fingerprint density at radius 3 is 1.50 bits per heavy atom. The third-order valence-corrected chi connectivity index (χ3v) is 7.43. The highest BCUT2D eigenvalue weighted by Crippen LogP contribution is 2.51. The predicted octanol–water partition coefficient (Wildman–Crippen LogP) is 4.47. The fourth-order valence-electron chi connectivity index (χ4n) is 3.12. The molecule has 0 heterocycles. The lowest BCUT2D eigenvalue weighted by molar-refractivity contribution is 0.594. The molecular formula is C22H24NP. The van der Waals surface area contributed by atoms with E-state index in [1.807, 2.05) is 0 Å².